The molecule has 3 rings (SSSR count). The molecule has 1 atom stereocenters. The topological polar surface area (TPSA) is 288 Å². The molecule has 0 bridgehead atoms. The first kappa shape index (κ1) is 57.4. The first-order valence-electron chi connectivity index (χ1n) is 23.2. The van der Waals surface area contributed by atoms with E-state index in [4.69, 9.17) is 58.5 Å². The Kier molecular flexibility index (Phi) is 30.2. The van der Waals surface area contributed by atoms with E-state index in [0.29, 0.717) is 111 Å². The van der Waals surface area contributed by atoms with E-state index >= 15 is 0 Å². The highest BCUT2D eigenvalue weighted by atomic mass is 32.2. The van der Waals surface area contributed by atoms with Crippen molar-refractivity contribution >= 4 is 55.5 Å². The van der Waals surface area contributed by atoms with Gasteiger partial charge in [-0.25, -0.2) is 9.97 Å². The van der Waals surface area contributed by atoms with Gasteiger partial charge in [0.2, 0.25) is 5.91 Å². The van der Waals surface area contributed by atoms with Crippen molar-refractivity contribution in [3.8, 4) is 0 Å². The summed E-state index contributed by atoms with van der Waals surface area (Å²) in [5.41, 5.74) is 9.74. The summed E-state index contributed by atoms with van der Waals surface area (Å²) in [5, 5.41) is 12.2. The molecular weight excluding hydrogens is 899 g/mol. The Morgan fingerprint density at radius 1 is 0.687 bits per heavy atom. The van der Waals surface area contributed by atoms with Crippen LogP contribution in [0.15, 0.2) is 18.2 Å². The number of amides is 1. The number of hydrogen-bond donors (Lipinski definition) is 5. The third-order valence-corrected chi connectivity index (χ3v) is 10.8. The molecule has 6 N–H and O–H groups in total. The zero-order chi connectivity index (χ0) is 48.4. The zero-order valence-corrected chi connectivity index (χ0v) is 39.8. The highest BCUT2D eigenvalue weighted by Crippen LogP contribution is 2.27. The van der Waals surface area contributed by atoms with Crippen LogP contribution in [0.5, 0.6) is 0 Å². The lowest BCUT2D eigenvalue weighted by Gasteiger charge is -2.15. The van der Waals surface area contributed by atoms with Crippen molar-refractivity contribution in [2.75, 3.05) is 137 Å². The number of nitrogens with one attached hydrogen (secondary N) is 2. The van der Waals surface area contributed by atoms with Crippen LogP contribution in [0, 0.1) is 5.92 Å². The van der Waals surface area contributed by atoms with E-state index in [1.165, 1.54) is 0 Å². The number of carbonyl (C=O) groups excluding carboxylic acids is 2. The van der Waals surface area contributed by atoms with Crippen LogP contribution in [0.1, 0.15) is 69.7 Å². The number of nitrogens with zero attached hydrogens (tertiary/aromatic N) is 2. The van der Waals surface area contributed by atoms with E-state index in [0.717, 1.165) is 71.8 Å². The molecule has 0 saturated carbocycles. The molecule has 0 unspecified atom stereocenters. The van der Waals surface area contributed by atoms with Crippen molar-refractivity contribution in [1.29, 1.82) is 0 Å². The maximum Gasteiger partial charge on any atom is 0.305 e. The Morgan fingerprint density at radius 2 is 1.19 bits per heavy atom. The minimum Gasteiger partial charge on any atom is -0.481 e. The molecule has 0 spiro atoms. The number of aliphatic carboxylic acids is 1. The lowest BCUT2D eigenvalue weighted by atomic mass is 10.0. The molecule has 2 heterocycles. The summed E-state index contributed by atoms with van der Waals surface area (Å²) < 4.78 is 81.4. The third kappa shape index (κ3) is 27.0. The zero-order valence-electron chi connectivity index (χ0n) is 39.0. The van der Waals surface area contributed by atoms with Crippen LogP contribution in [-0.4, -0.2) is 182 Å². The molecule has 2 aromatic heterocycles. The van der Waals surface area contributed by atoms with Crippen molar-refractivity contribution < 1.29 is 75.1 Å². The molecule has 21 nitrogen and oxygen atoms in total. The predicted molar refractivity (Wildman–Crippen MR) is 249 cm³/mol. The minimum atomic E-state index is -4.50. The summed E-state index contributed by atoms with van der Waals surface area (Å²) in [6.07, 6.45) is 5.67. The van der Waals surface area contributed by atoms with Gasteiger partial charge < -0.3 is 63.8 Å². The van der Waals surface area contributed by atoms with E-state index in [9.17, 15) is 27.4 Å². The number of fused-ring (bicyclic) bond motifs is 3. The second-order valence-electron chi connectivity index (χ2n) is 15.6. The van der Waals surface area contributed by atoms with E-state index in [2.05, 4.69) is 28.3 Å². The van der Waals surface area contributed by atoms with Crippen molar-refractivity contribution in [3.05, 3.63) is 29.6 Å². The number of nitrogens with two attached hydrogens (primary N) is 1. The van der Waals surface area contributed by atoms with Gasteiger partial charge in [-0.2, -0.15) is 8.42 Å². The second-order valence-corrected chi connectivity index (χ2v) is 17.1. The largest absolute Gasteiger partial charge is 0.481 e. The molecule has 1 amide bonds. The number of ether oxygens (including phenoxy) is 9. The van der Waals surface area contributed by atoms with Crippen LogP contribution >= 0.6 is 0 Å². The van der Waals surface area contributed by atoms with E-state index in [1.807, 2.05) is 12.1 Å². The number of nitrogen functional groups attached to an aromatic ring is 1. The first-order chi connectivity index (χ1) is 32.5. The lowest BCUT2D eigenvalue weighted by Crippen LogP contribution is -2.36. The van der Waals surface area contributed by atoms with Crippen LogP contribution in [0.25, 0.3) is 21.9 Å². The Hall–Kier alpha value is -3.94. The van der Waals surface area contributed by atoms with Gasteiger partial charge in [0.15, 0.2) is 0 Å². The number of aryl methyl sites for hydroxylation is 2. The number of carboxylic acids is 1. The summed E-state index contributed by atoms with van der Waals surface area (Å²) >= 11 is 0. The van der Waals surface area contributed by atoms with Crippen molar-refractivity contribution in [2.45, 2.75) is 71.1 Å². The normalized spacial score (nSPS) is 12.3. The quantitative estimate of drug-likeness (QED) is 0.0401. The monoisotopic (exact) mass is 971 g/mol. The molecule has 0 aliphatic heterocycles. The number of imidazole rings is 1. The minimum absolute atomic E-state index is 0.0207. The second kappa shape index (κ2) is 35.2. The molecule has 67 heavy (non-hydrogen) atoms. The third-order valence-electron chi connectivity index (χ3n) is 9.99. The number of anilines is 1. The van der Waals surface area contributed by atoms with Gasteiger partial charge in [-0.3, -0.25) is 18.9 Å². The highest BCUT2D eigenvalue weighted by Gasteiger charge is 2.26. The summed E-state index contributed by atoms with van der Waals surface area (Å²) in [5.74, 6) is -2.58. The molecule has 3 aromatic rings. The maximum atomic E-state index is 12.9. The van der Waals surface area contributed by atoms with Gasteiger partial charge in [0, 0.05) is 31.2 Å². The predicted octanol–water partition coefficient (Wildman–Crippen LogP) is 3.34. The fourth-order valence-electron chi connectivity index (χ4n) is 6.53. The molecule has 22 heteroatoms. The number of pyridine rings is 1. The van der Waals surface area contributed by atoms with Crippen LogP contribution in [0.4, 0.5) is 5.82 Å². The molecule has 0 radical (unpaired) electrons. The first-order valence-corrected chi connectivity index (χ1v) is 24.8. The van der Waals surface area contributed by atoms with Gasteiger partial charge >= 0.3 is 5.97 Å². The van der Waals surface area contributed by atoms with Gasteiger partial charge in [0.05, 0.1) is 143 Å². The molecule has 1 aromatic carbocycles. The van der Waals surface area contributed by atoms with E-state index in [1.54, 1.807) is 0 Å². The average Bonchev–Trinajstić information content (AvgIpc) is 3.73. The van der Waals surface area contributed by atoms with E-state index < -0.39 is 33.7 Å². The van der Waals surface area contributed by atoms with Crippen LogP contribution in [0.3, 0.4) is 0 Å². The van der Waals surface area contributed by atoms with Gasteiger partial charge in [0.1, 0.15) is 28.5 Å². The van der Waals surface area contributed by atoms with Gasteiger partial charge in [-0.1, -0.05) is 31.9 Å². The molecule has 380 valence electrons. The van der Waals surface area contributed by atoms with Crippen LogP contribution in [0.2, 0.25) is 0 Å². The summed E-state index contributed by atoms with van der Waals surface area (Å²) in [7, 11) is -4.50. The summed E-state index contributed by atoms with van der Waals surface area (Å²) in [6.45, 7) is 8.86. The molecule has 0 aliphatic carbocycles. The smallest absolute Gasteiger partial charge is 0.305 e. The number of carboxylic acid groups (broad SMARTS) is 1. The number of ketones is 1. The summed E-state index contributed by atoms with van der Waals surface area (Å²) in [6, 6.07) is 6.12. The number of H-pyrrole nitrogens is 1. The van der Waals surface area contributed by atoms with Crippen molar-refractivity contribution in [1.82, 2.24) is 20.3 Å². The Labute approximate surface area is 393 Å². The Bertz CT molecular complexity index is 1950. The fraction of sp³-hybridized carbons (Fsp3) is 0.711. The average molecular weight is 972 g/mol. The molecular formula is C45H73N5O16S. The number of aromatic nitrogens is 3. The lowest BCUT2D eigenvalue weighted by molar-refractivity contribution is -0.138. The highest BCUT2D eigenvalue weighted by molar-refractivity contribution is 7.85. The number of aromatic amines is 1. The maximum absolute atomic E-state index is 12.9. The van der Waals surface area contributed by atoms with Gasteiger partial charge in [0.25, 0.3) is 10.1 Å². The van der Waals surface area contributed by atoms with Gasteiger partial charge in [-0.15, -0.1) is 0 Å². The van der Waals surface area contributed by atoms with Crippen LogP contribution in [-0.2, 0) is 80.0 Å². The number of benzene rings is 1. The fourth-order valence-corrected chi connectivity index (χ4v) is 7.31. The standard InChI is InChI=1S/C45H73N5O16S/c1-2-3-8-40-49-42-38-10-9-35(32-39(38)48-44(46)43(42)50-40)7-5-4-6-13-47-45(54)36(34-67(55,56)57)33-37(51)11-14-58-16-18-60-20-22-62-24-26-64-28-30-66-31-29-65-27-25-63-23-21-61-19-17-59-15-12-41(52)53/h9-10,32,36H,2-8,11-31,33-34H2,1H3,(H2,46,48)(H,47,54)(H,49,50)(H,52,53)(H,55,56,57)/t36-/m0/s1. The number of unbranched alkanes of at least 4 members (excludes halogenated alkanes) is 3. The Morgan fingerprint density at radius 3 is 1.69 bits per heavy atom. The molecule has 0 fully saturated rings. The van der Waals surface area contributed by atoms with Crippen molar-refractivity contribution in [2.24, 2.45) is 5.92 Å². The van der Waals surface area contributed by atoms with E-state index in [-0.39, 0.29) is 51.5 Å². The number of hydrogen-bond acceptors (Lipinski definition) is 17. The number of Topliss-reactive ketones (excluding diaryl/α,β-unsaturated/α-hetero) is 1. The van der Waals surface area contributed by atoms with Gasteiger partial charge in [-0.05, 0) is 37.3 Å². The Balaban J connectivity index is 1.11. The number of rotatable bonds is 44. The van der Waals surface area contributed by atoms with Crippen molar-refractivity contribution in [3.63, 3.8) is 0 Å². The molecule has 0 aliphatic rings. The molecule has 0 saturated heterocycles. The van der Waals surface area contributed by atoms with Crippen LogP contribution < -0.4 is 11.1 Å². The number of carbonyl (C=O) groups is 3. The SMILES string of the molecule is CCCCc1nc2c([nH]1)c(N)nc1cc(CCCCCNC(=O)[C@@H](CC(=O)CCOCCOCCOCCOCCOCCOCCOCCOCCOCCC(=O)O)CS(=O)(=O)O)ccc12. The summed E-state index contributed by atoms with van der Waals surface area (Å²) in [4.78, 5) is 48.6.